The van der Waals surface area contributed by atoms with E-state index < -0.39 is 11.4 Å². The molecule has 1 heterocycles. The maximum Gasteiger partial charge on any atom is 0.304 e. The minimum Gasteiger partial charge on any atom is -0.486 e. The molecule has 1 aliphatic rings. The number of hydrogen-bond acceptors (Lipinski definition) is 3. The van der Waals surface area contributed by atoms with Crippen molar-refractivity contribution in [2.24, 2.45) is 0 Å². The van der Waals surface area contributed by atoms with Crippen LogP contribution >= 0.6 is 11.6 Å². The fourth-order valence-electron chi connectivity index (χ4n) is 2.76. The van der Waals surface area contributed by atoms with Gasteiger partial charge in [0, 0.05) is 22.1 Å². The molecule has 1 aromatic rings. The zero-order valence-corrected chi connectivity index (χ0v) is 12.7. The minimum absolute atomic E-state index is 0.0133. The van der Waals surface area contributed by atoms with Gasteiger partial charge < -0.3 is 14.6 Å². The molecule has 0 bridgehead atoms. The highest BCUT2D eigenvalue weighted by Crippen LogP contribution is 2.45. The second-order valence-corrected chi connectivity index (χ2v) is 5.95. The van der Waals surface area contributed by atoms with Crippen LogP contribution in [-0.2, 0) is 16.6 Å². The van der Waals surface area contributed by atoms with E-state index in [-0.39, 0.29) is 6.42 Å². The molecule has 0 saturated heterocycles. The third-order valence-corrected chi connectivity index (χ3v) is 3.81. The lowest BCUT2D eigenvalue weighted by Crippen LogP contribution is -2.25. The lowest BCUT2D eigenvalue weighted by molar-refractivity contribution is -0.138. The zero-order chi connectivity index (χ0) is 14.9. The average Bonchev–Trinajstić information content (AvgIpc) is 2.35. The Morgan fingerprint density at radius 1 is 1.40 bits per heavy atom. The van der Waals surface area contributed by atoms with E-state index in [1.54, 1.807) is 6.07 Å². The first-order valence-electron chi connectivity index (χ1n) is 6.70. The predicted octanol–water partition coefficient (Wildman–Crippen LogP) is 3.43. The van der Waals surface area contributed by atoms with Crippen molar-refractivity contribution in [1.29, 1.82) is 0 Å². The summed E-state index contributed by atoms with van der Waals surface area (Å²) in [7, 11) is 0. The number of carboxylic acids is 1. The molecule has 0 unspecified atom stereocenters. The van der Waals surface area contributed by atoms with Crippen LogP contribution in [0.25, 0.3) is 0 Å². The molecule has 5 heteroatoms. The SMILES string of the molecule is CCc1c2c(cc(Cl)c1C(C)(C)CC(=O)O)OCCO2. The molecule has 2 rings (SSSR count). The topological polar surface area (TPSA) is 55.8 Å². The normalized spacial score (nSPS) is 14.2. The molecule has 0 radical (unpaired) electrons. The number of benzene rings is 1. The van der Waals surface area contributed by atoms with E-state index >= 15 is 0 Å². The summed E-state index contributed by atoms with van der Waals surface area (Å²) in [5, 5.41) is 9.64. The second-order valence-electron chi connectivity index (χ2n) is 5.54. The summed E-state index contributed by atoms with van der Waals surface area (Å²) in [6, 6.07) is 1.73. The van der Waals surface area contributed by atoms with Crippen molar-refractivity contribution in [1.82, 2.24) is 0 Å². The summed E-state index contributed by atoms with van der Waals surface area (Å²) in [6.45, 7) is 6.78. The number of carbonyl (C=O) groups is 1. The molecule has 1 N–H and O–H groups in total. The number of hydrogen-bond donors (Lipinski definition) is 1. The van der Waals surface area contributed by atoms with Gasteiger partial charge in [-0.05, 0) is 12.0 Å². The number of ether oxygens (including phenoxy) is 2. The van der Waals surface area contributed by atoms with Crippen LogP contribution in [0.1, 0.15) is 38.3 Å². The minimum atomic E-state index is -0.844. The van der Waals surface area contributed by atoms with E-state index in [0.717, 1.165) is 11.1 Å². The second kappa shape index (κ2) is 5.52. The number of fused-ring (bicyclic) bond motifs is 1. The maximum absolute atomic E-state index is 11.1. The largest absolute Gasteiger partial charge is 0.486 e. The zero-order valence-electron chi connectivity index (χ0n) is 12.0. The van der Waals surface area contributed by atoms with E-state index in [1.807, 2.05) is 20.8 Å². The van der Waals surface area contributed by atoms with Crippen molar-refractivity contribution in [2.75, 3.05) is 13.2 Å². The molecule has 0 fully saturated rings. The molecule has 0 aliphatic carbocycles. The third kappa shape index (κ3) is 2.70. The summed E-state index contributed by atoms with van der Waals surface area (Å²) >= 11 is 6.38. The summed E-state index contributed by atoms with van der Waals surface area (Å²) in [6.07, 6.45) is 0.726. The Bertz CT molecular complexity index is 537. The average molecular weight is 299 g/mol. The van der Waals surface area contributed by atoms with Gasteiger partial charge in [-0.3, -0.25) is 4.79 Å². The van der Waals surface area contributed by atoms with Gasteiger partial charge in [0.1, 0.15) is 13.2 Å². The smallest absolute Gasteiger partial charge is 0.304 e. The van der Waals surface area contributed by atoms with Crippen LogP contribution < -0.4 is 9.47 Å². The Morgan fingerprint density at radius 2 is 2.05 bits per heavy atom. The van der Waals surface area contributed by atoms with E-state index in [4.69, 9.17) is 26.2 Å². The van der Waals surface area contributed by atoms with Crippen LogP contribution in [0.15, 0.2) is 6.07 Å². The Kier molecular flexibility index (Phi) is 4.14. The maximum atomic E-state index is 11.1. The Hall–Kier alpha value is -1.42. The molecule has 20 heavy (non-hydrogen) atoms. The Morgan fingerprint density at radius 3 is 2.65 bits per heavy atom. The molecular weight excluding hydrogens is 280 g/mol. The predicted molar refractivity (Wildman–Crippen MR) is 77.1 cm³/mol. The fraction of sp³-hybridized carbons (Fsp3) is 0.533. The molecule has 0 spiro atoms. The van der Waals surface area contributed by atoms with Gasteiger partial charge in [-0.25, -0.2) is 0 Å². The van der Waals surface area contributed by atoms with Crippen molar-refractivity contribution >= 4 is 17.6 Å². The summed E-state index contributed by atoms with van der Waals surface area (Å²) in [5.74, 6) is 0.507. The van der Waals surface area contributed by atoms with Crippen molar-refractivity contribution < 1.29 is 19.4 Å². The van der Waals surface area contributed by atoms with Crippen molar-refractivity contribution in [3.63, 3.8) is 0 Å². The summed E-state index contributed by atoms with van der Waals surface area (Å²) in [4.78, 5) is 11.1. The molecule has 0 aromatic heterocycles. The van der Waals surface area contributed by atoms with Gasteiger partial charge >= 0.3 is 5.97 Å². The van der Waals surface area contributed by atoms with E-state index in [0.29, 0.717) is 36.2 Å². The molecular formula is C15H19ClO4. The van der Waals surface area contributed by atoms with Crippen LogP contribution in [0.4, 0.5) is 0 Å². The van der Waals surface area contributed by atoms with Gasteiger partial charge in [0.25, 0.3) is 0 Å². The van der Waals surface area contributed by atoms with Crippen molar-refractivity contribution in [3.05, 3.63) is 22.2 Å². The monoisotopic (exact) mass is 298 g/mol. The Labute approximate surface area is 123 Å². The Balaban J connectivity index is 2.60. The number of aliphatic carboxylic acids is 1. The molecule has 4 nitrogen and oxygen atoms in total. The van der Waals surface area contributed by atoms with Gasteiger partial charge in [0.15, 0.2) is 11.5 Å². The first-order valence-corrected chi connectivity index (χ1v) is 7.08. The summed E-state index contributed by atoms with van der Waals surface area (Å²) < 4.78 is 11.3. The molecule has 0 amide bonds. The van der Waals surface area contributed by atoms with Gasteiger partial charge in [-0.15, -0.1) is 0 Å². The molecule has 110 valence electrons. The highest BCUT2D eigenvalue weighted by molar-refractivity contribution is 6.31. The van der Waals surface area contributed by atoms with Gasteiger partial charge in [-0.2, -0.15) is 0 Å². The molecule has 1 aromatic carbocycles. The van der Waals surface area contributed by atoms with E-state index in [9.17, 15) is 4.79 Å². The highest BCUT2D eigenvalue weighted by Gasteiger charge is 2.32. The molecule has 1 aliphatic heterocycles. The van der Waals surface area contributed by atoms with Crippen LogP contribution in [0.3, 0.4) is 0 Å². The number of carboxylic acid groups (broad SMARTS) is 1. The number of rotatable bonds is 4. The van der Waals surface area contributed by atoms with Gasteiger partial charge in [-0.1, -0.05) is 32.4 Å². The lowest BCUT2D eigenvalue weighted by atomic mass is 9.78. The van der Waals surface area contributed by atoms with Crippen molar-refractivity contribution in [3.8, 4) is 11.5 Å². The quantitative estimate of drug-likeness (QED) is 0.925. The number of halogens is 1. The summed E-state index contributed by atoms with van der Waals surface area (Å²) in [5.41, 5.74) is 1.22. The third-order valence-electron chi connectivity index (χ3n) is 3.51. The lowest BCUT2D eigenvalue weighted by Gasteiger charge is -2.31. The van der Waals surface area contributed by atoms with Crippen LogP contribution in [0, 0.1) is 0 Å². The molecule has 0 saturated carbocycles. The standard InChI is InChI=1S/C15H19ClO4/c1-4-9-13(15(2,3)8-12(17)18)10(16)7-11-14(9)20-6-5-19-11/h7H,4-6,8H2,1-3H3,(H,17,18). The first kappa shape index (κ1) is 15.0. The van der Waals surface area contributed by atoms with E-state index in [2.05, 4.69) is 0 Å². The van der Waals surface area contributed by atoms with Crippen LogP contribution in [-0.4, -0.2) is 24.3 Å². The van der Waals surface area contributed by atoms with Crippen LogP contribution in [0.2, 0.25) is 5.02 Å². The first-order chi connectivity index (χ1) is 9.36. The fourth-order valence-corrected chi connectivity index (χ4v) is 3.22. The van der Waals surface area contributed by atoms with E-state index in [1.165, 1.54) is 0 Å². The van der Waals surface area contributed by atoms with Crippen LogP contribution in [0.5, 0.6) is 11.5 Å². The van der Waals surface area contributed by atoms with Crippen molar-refractivity contribution in [2.45, 2.75) is 39.0 Å². The van der Waals surface area contributed by atoms with Gasteiger partial charge in [0.2, 0.25) is 0 Å². The highest BCUT2D eigenvalue weighted by atomic mass is 35.5. The van der Waals surface area contributed by atoms with Gasteiger partial charge in [0.05, 0.1) is 6.42 Å². The molecule has 0 atom stereocenters.